The molecule has 0 aromatic carbocycles. The van der Waals surface area contributed by atoms with E-state index in [2.05, 4.69) is 13.8 Å². The fourth-order valence-electron chi connectivity index (χ4n) is 1.76. The fourth-order valence-corrected chi connectivity index (χ4v) is 3.06. The Morgan fingerprint density at radius 2 is 2.17 bits per heavy atom. The van der Waals surface area contributed by atoms with E-state index >= 15 is 0 Å². The van der Waals surface area contributed by atoms with Gasteiger partial charge in [0.2, 0.25) is 0 Å². The number of ketones is 1. The van der Waals surface area contributed by atoms with Crippen LogP contribution in [0.3, 0.4) is 0 Å². The second-order valence-electron chi connectivity index (χ2n) is 3.42. The molecule has 1 atom stereocenters. The van der Waals surface area contributed by atoms with Gasteiger partial charge >= 0.3 is 0 Å². The molecule has 1 aliphatic heterocycles. The molecule has 2 heteroatoms. The largest absolute Gasteiger partial charge is 0.298 e. The second-order valence-corrected chi connectivity index (χ2v) is 4.73. The Hall–Kier alpha value is 0.0200. The highest BCUT2D eigenvalue weighted by Gasteiger charge is 2.27. The van der Waals surface area contributed by atoms with Crippen molar-refractivity contribution in [1.29, 1.82) is 0 Å². The minimum Gasteiger partial charge on any atom is -0.298 e. The summed E-state index contributed by atoms with van der Waals surface area (Å²) in [5.41, 5.74) is 0. The van der Waals surface area contributed by atoms with Gasteiger partial charge in [0, 0.05) is 5.92 Å². The van der Waals surface area contributed by atoms with E-state index in [1.807, 2.05) is 11.8 Å². The average molecular weight is 186 g/mol. The van der Waals surface area contributed by atoms with Gasteiger partial charge < -0.3 is 0 Å². The molecule has 1 fully saturated rings. The van der Waals surface area contributed by atoms with Crippen molar-refractivity contribution in [2.24, 2.45) is 5.92 Å². The molecule has 0 bridgehead atoms. The summed E-state index contributed by atoms with van der Waals surface area (Å²) in [7, 11) is 0. The third-order valence-electron chi connectivity index (χ3n) is 2.63. The third-order valence-corrected chi connectivity index (χ3v) is 4.03. The van der Waals surface area contributed by atoms with Crippen LogP contribution in [-0.4, -0.2) is 16.8 Å². The van der Waals surface area contributed by atoms with Crippen LogP contribution < -0.4 is 0 Å². The van der Waals surface area contributed by atoms with Gasteiger partial charge in [-0.25, -0.2) is 0 Å². The van der Waals surface area contributed by atoms with E-state index in [4.69, 9.17) is 0 Å². The molecule has 0 saturated carbocycles. The normalized spacial score (nSPS) is 23.4. The summed E-state index contributed by atoms with van der Waals surface area (Å²) in [5, 5.41) is 0.342. The Kier molecular flexibility index (Phi) is 4.13. The van der Waals surface area contributed by atoms with Crippen LogP contribution in [0.1, 0.15) is 39.5 Å². The lowest BCUT2D eigenvalue weighted by Crippen LogP contribution is -2.23. The molecule has 1 nitrogen and oxygen atoms in total. The number of thioether (sulfide) groups is 1. The van der Waals surface area contributed by atoms with Crippen molar-refractivity contribution in [3.05, 3.63) is 0 Å². The fraction of sp³-hybridized carbons (Fsp3) is 0.900. The Balaban J connectivity index is 2.43. The second kappa shape index (κ2) is 4.90. The highest BCUT2D eigenvalue weighted by Crippen LogP contribution is 2.30. The SMILES string of the molecule is CCC(CC)C(=O)C1CCCS1. The molecule has 0 amide bonds. The first-order valence-corrected chi connectivity index (χ1v) is 5.99. The summed E-state index contributed by atoms with van der Waals surface area (Å²) < 4.78 is 0. The number of Topliss-reactive ketones (excluding diaryl/α,β-unsaturated/α-hetero) is 1. The van der Waals surface area contributed by atoms with Gasteiger partial charge in [-0.05, 0) is 31.4 Å². The molecule has 1 unspecified atom stereocenters. The van der Waals surface area contributed by atoms with E-state index in [1.165, 1.54) is 12.2 Å². The first kappa shape index (κ1) is 10.1. The molecule has 0 aliphatic carbocycles. The van der Waals surface area contributed by atoms with Crippen LogP contribution >= 0.6 is 11.8 Å². The van der Waals surface area contributed by atoms with Crippen molar-refractivity contribution < 1.29 is 4.79 Å². The molecule has 0 radical (unpaired) electrons. The molecular weight excluding hydrogens is 168 g/mol. The standard InChI is InChI=1S/C10H18OS/c1-3-8(4-2)10(11)9-6-5-7-12-9/h8-9H,3-7H2,1-2H3. The van der Waals surface area contributed by atoms with E-state index in [-0.39, 0.29) is 0 Å². The number of hydrogen-bond acceptors (Lipinski definition) is 2. The van der Waals surface area contributed by atoms with E-state index in [0.717, 1.165) is 19.3 Å². The summed E-state index contributed by atoms with van der Waals surface area (Å²) in [6, 6.07) is 0. The minimum atomic E-state index is 0.334. The molecule has 1 aliphatic rings. The van der Waals surface area contributed by atoms with Crippen molar-refractivity contribution in [3.63, 3.8) is 0 Å². The van der Waals surface area contributed by atoms with Gasteiger partial charge in [0.05, 0.1) is 5.25 Å². The molecule has 1 heterocycles. The van der Waals surface area contributed by atoms with E-state index in [9.17, 15) is 4.79 Å². The van der Waals surface area contributed by atoms with Crippen LogP contribution in [0.5, 0.6) is 0 Å². The van der Waals surface area contributed by atoms with Gasteiger partial charge in [-0.3, -0.25) is 4.79 Å². The highest BCUT2D eigenvalue weighted by atomic mass is 32.2. The van der Waals surface area contributed by atoms with E-state index in [1.54, 1.807) is 0 Å². The van der Waals surface area contributed by atoms with Crippen molar-refractivity contribution in [2.45, 2.75) is 44.8 Å². The Morgan fingerprint density at radius 1 is 1.50 bits per heavy atom. The van der Waals surface area contributed by atoms with Crippen molar-refractivity contribution in [1.82, 2.24) is 0 Å². The Bertz CT molecular complexity index is 142. The maximum atomic E-state index is 11.8. The number of rotatable bonds is 4. The Labute approximate surface area is 79.3 Å². The first-order valence-electron chi connectivity index (χ1n) is 4.94. The lowest BCUT2D eigenvalue weighted by Gasteiger charge is -2.14. The van der Waals surface area contributed by atoms with Crippen LogP contribution in [0.25, 0.3) is 0 Å². The monoisotopic (exact) mass is 186 g/mol. The minimum absolute atomic E-state index is 0.334. The summed E-state index contributed by atoms with van der Waals surface area (Å²) in [5.74, 6) is 2.04. The summed E-state index contributed by atoms with van der Waals surface area (Å²) in [6.07, 6.45) is 4.40. The van der Waals surface area contributed by atoms with Crippen molar-refractivity contribution in [3.8, 4) is 0 Å². The predicted molar refractivity (Wildman–Crippen MR) is 54.6 cm³/mol. The van der Waals surface area contributed by atoms with Crippen LogP contribution in [0.4, 0.5) is 0 Å². The number of hydrogen-bond donors (Lipinski definition) is 0. The third kappa shape index (κ3) is 2.25. The van der Waals surface area contributed by atoms with Gasteiger partial charge in [-0.2, -0.15) is 11.8 Å². The zero-order valence-electron chi connectivity index (χ0n) is 8.01. The van der Waals surface area contributed by atoms with Gasteiger partial charge in [0.15, 0.2) is 0 Å². The van der Waals surface area contributed by atoms with Crippen molar-refractivity contribution >= 4 is 17.5 Å². The quantitative estimate of drug-likeness (QED) is 0.671. The molecule has 70 valence electrons. The van der Waals surface area contributed by atoms with E-state index < -0.39 is 0 Å². The molecule has 0 N–H and O–H groups in total. The smallest absolute Gasteiger partial charge is 0.148 e. The average Bonchev–Trinajstić information content (AvgIpc) is 2.58. The first-order chi connectivity index (χ1) is 5.79. The lowest BCUT2D eigenvalue weighted by molar-refractivity contribution is -0.122. The summed E-state index contributed by atoms with van der Waals surface area (Å²) >= 11 is 1.86. The van der Waals surface area contributed by atoms with Crippen LogP contribution in [0, 0.1) is 5.92 Å². The Morgan fingerprint density at radius 3 is 2.58 bits per heavy atom. The predicted octanol–water partition coefficient (Wildman–Crippen LogP) is 2.89. The zero-order chi connectivity index (χ0) is 8.97. The highest BCUT2D eigenvalue weighted by molar-refractivity contribution is 8.00. The molecule has 1 saturated heterocycles. The van der Waals surface area contributed by atoms with E-state index in [0.29, 0.717) is 17.0 Å². The van der Waals surface area contributed by atoms with Crippen LogP contribution in [0.2, 0.25) is 0 Å². The maximum Gasteiger partial charge on any atom is 0.148 e. The molecule has 0 spiro atoms. The summed E-state index contributed by atoms with van der Waals surface area (Å²) in [4.78, 5) is 11.8. The molecule has 1 rings (SSSR count). The zero-order valence-corrected chi connectivity index (χ0v) is 8.82. The van der Waals surface area contributed by atoms with Crippen LogP contribution in [0.15, 0.2) is 0 Å². The molecule has 12 heavy (non-hydrogen) atoms. The molecule has 0 aromatic rings. The van der Waals surface area contributed by atoms with Crippen LogP contribution in [-0.2, 0) is 4.79 Å². The van der Waals surface area contributed by atoms with Gasteiger partial charge in [0.1, 0.15) is 5.78 Å². The summed E-state index contributed by atoms with van der Waals surface area (Å²) in [6.45, 7) is 4.23. The molecule has 0 aromatic heterocycles. The van der Waals surface area contributed by atoms with Gasteiger partial charge in [0.25, 0.3) is 0 Å². The number of carbonyl (C=O) groups is 1. The van der Waals surface area contributed by atoms with Gasteiger partial charge in [-0.15, -0.1) is 0 Å². The maximum absolute atomic E-state index is 11.8. The number of carbonyl (C=O) groups excluding carboxylic acids is 1. The van der Waals surface area contributed by atoms with Crippen molar-refractivity contribution in [2.75, 3.05) is 5.75 Å². The topological polar surface area (TPSA) is 17.1 Å². The molecular formula is C10H18OS. The van der Waals surface area contributed by atoms with Gasteiger partial charge in [-0.1, -0.05) is 13.8 Å². The lowest BCUT2D eigenvalue weighted by atomic mass is 9.94.